The van der Waals surface area contributed by atoms with Gasteiger partial charge >= 0.3 is 0 Å². The second-order valence-electron chi connectivity index (χ2n) is 10.3. The minimum Gasteiger partial charge on any atom is -0.497 e. The molecule has 0 N–H and O–H groups in total. The molecule has 1 amide bonds. The van der Waals surface area contributed by atoms with E-state index >= 15 is 0 Å². The third kappa shape index (κ3) is 6.52. The van der Waals surface area contributed by atoms with Crippen LogP contribution in [0.2, 0.25) is 0 Å². The summed E-state index contributed by atoms with van der Waals surface area (Å²) < 4.78 is 5.53. The predicted octanol–water partition coefficient (Wildman–Crippen LogP) is 6.02. The predicted molar refractivity (Wildman–Crippen MR) is 143 cm³/mol. The average Bonchev–Trinajstić information content (AvgIpc) is 3.26. The maximum absolute atomic E-state index is 13.6. The van der Waals surface area contributed by atoms with Crippen LogP contribution in [0.15, 0.2) is 78.9 Å². The summed E-state index contributed by atoms with van der Waals surface area (Å²) in [5.41, 5.74) is 4.56. The SMILES string of the molecule is COc1cccc(C2CN(Cc3ccccc3)CC2CN(CC(C)C)C(=O)c2ccc(C)cc2)c1. The molecule has 4 rings (SSSR count). The fourth-order valence-corrected chi connectivity index (χ4v) is 5.21. The molecule has 0 bridgehead atoms. The first-order chi connectivity index (χ1) is 16.9. The summed E-state index contributed by atoms with van der Waals surface area (Å²) in [5.74, 6) is 2.11. The van der Waals surface area contributed by atoms with Gasteiger partial charge in [0.15, 0.2) is 0 Å². The van der Waals surface area contributed by atoms with Crippen molar-refractivity contribution in [1.29, 1.82) is 0 Å². The number of likely N-dealkylation sites (tertiary alicyclic amines) is 1. The molecule has 0 spiro atoms. The van der Waals surface area contributed by atoms with Gasteiger partial charge in [-0.25, -0.2) is 0 Å². The molecule has 1 fully saturated rings. The zero-order valence-corrected chi connectivity index (χ0v) is 21.5. The molecule has 35 heavy (non-hydrogen) atoms. The fourth-order valence-electron chi connectivity index (χ4n) is 5.21. The number of nitrogens with zero attached hydrogens (tertiary/aromatic N) is 2. The third-order valence-electron chi connectivity index (χ3n) is 6.91. The van der Waals surface area contributed by atoms with Crippen LogP contribution < -0.4 is 4.74 Å². The maximum atomic E-state index is 13.6. The van der Waals surface area contributed by atoms with Crippen molar-refractivity contribution in [2.75, 3.05) is 33.3 Å². The first kappa shape index (κ1) is 25.0. The number of methoxy groups -OCH3 is 1. The summed E-state index contributed by atoms with van der Waals surface area (Å²) in [4.78, 5) is 18.2. The number of carbonyl (C=O) groups excluding carboxylic acids is 1. The van der Waals surface area contributed by atoms with Crippen LogP contribution in [0.25, 0.3) is 0 Å². The van der Waals surface area contributed by atoms with Crippen molar-refractivity contribution in [2.45, 2.75) is 33.2 Å². The standard InChI is InChI=1S/C31H38N2O2/c1-23(2)18-33(31(34)26-15-13-24(3)14-16-26)21-28-20-32(19-25-9-6-5-7-10-25)22-30(28)27-11-8-12-29(17-27)35-4/h5-17,23,28,30H,18-22H2,1-4H3. The van der Waals surface area contributed by atoms with Crippen molar-refractivity contribution in [2.24, 2.45) is 11.8 Å². The lowest BCUT2D eigenvalue weighted by Crippen LogP contribution is -2.39. The molecule has 1 saturated heterocycles. The summed E-state index contributed by atoms with van der Waals surface area (Å²) in [5, 5.41) is 0. The van der Waals surface area contributed by atoms with Gasteiger partial charge in [-0.1, -0.05) is 74.0 Å². The maximum Gasteiger partial charge on any atom is 0.253 e. The molecule has 1 aliphatic rings. The van der Waals surface area contributed by atoms with Crippen LogP contribution in [0, 0.1) is 18.8 Å². The van der Waals surface area contributed by atoms with Crippen LogP contribution in [0.1, 0.15) is 46.8 Å². The lowest BCUT2D eigenvalue weighted by atomic mass is 9.88. The van der Waals surface area contributed by atoms with Gasteiger partial charge in [-0.2, -0.15) is 0 Å². The van der Waals surface area contributed by atoms with Crippen LogP contribution in [0.4, 0.5) is 0 Å². The Labute approximate surface area is 210 Å². The molecular weight excluding hydrogens is 432 g/mol. The molecule has 0 aromatic heterocycles. The van der Waals surface area contributed by atoms with Crippen LogP contribution in [-0.4, -0.2) is 49.0 Å². The molecule has 3 aromatic carbocycles. The number of aryl methyl sites for hydroxylation is 1. The Morgan fingerprint density at radius 1 is 1.00 bits per heavy atom. The van der Waals surface area contributed by atoms with Gasteiger partial charge in [-0.15, -0.1) is 0 Å². The third-order valence-corrected chi connectivity index (χ3v) is 6.91. The largest absolute Gasteiger partial charge is 0.497 e. The summed E-state index contributed by atoms with van der Waals surface area (Å²) in [6.07, 6.45) is 0. The van der Waals surface area contributed by atoms with Crippen molar-refractivity contribution < 1.29 is 9.53 Å². The highest BCUT2D eigenvalue weighted by atomic mass is 16.5. The minimum absolute atomic E-state index is 0.129. The van der Waals surface area contributed by atoms with Crippen molar-refractivity contribution in [3.8, 4) is 5.75 Å². The van der Waals surface area contributed by atoms with Crippen molar-refractivity contribution >= 4 is 5.91 Å². The van der Waals surface area contributed by atoms with E-state index in [9.17, 15) is 4.79 Å². The first-order valence-corrected chi connectivity index (χ1v) is 12.7. The molecular formula is C31H38N2O2. The average molecular weight is 471 g/mol. The van der Waals surface area contributed by atoms with E-state index < -0.39 is 0 Å². The lowest BCUT2D eigenvalue weighted by molar-refractivity contribution is 0.0703. The molecule has 1 heterocycles. The van der Waals surface area contributed by atoms with E-state index in [-0.39, 0.29) is 5.91 Å². The molecule has 4 nitrogen and oxygen atoms in total. The highest BCUT2D eigenvalue weighted by Crippen LogP contribution is 2.36. The minimum atomic E-state index is 0.129. The fraction of sp³-hybridized carbons (Fsp3) is 0.387. The van der Waals surface area contributed by atoms with Crippen molar-refractivity contribution in [1.82, 2.24) is 9.80 Å². The molecule has 1 aliphatic heterocycles. The Morgan fingerprint density at radius 2 is 1.74 bits per heavy atom. The topological polar surface area (TPSA) is 32.8 Å². The zero-order chi connectivity index (χ0) is 24.8. The molecule has 3 aromatic rings. The highest BCUT2D eigenvalue weighted by Gasteiger charge is 2.36. The molecule has 0 radical (unpaired) electrons. The van der Waals surface area contributed by atoms with Crippen LogP contribution in [-0.2, 0) is 6.54 Å². The lowest BCUT2D eigenvalue weighted by Gasteiger charge is -2.30. The number of rotatable bonds is 9. The number of ether oxygens (including phenoxy) is 1. The van der Waals surface area contributed by atoms with E-state index in [0.717, 1.165) is 44.0 Å². The Hall–Kier alpha value is -3.11. The Morgan fingerprint density at radius 3 is 2.43 bits per heavy atom. The van der Waals surface area contributed by atoms with E-state index in [1.54, 1.807) is 7.11 Å². The van der Waals surface area contributed by atoms with E-state index in [1.807, 2.05) is 30.3 Å². The van der Waals surface area contributed by atoms with Gasteiger partial charge in [0.25, 0.3) is 5.91 Å². The van der Waals surface area contributed by atoms with Gasteiger partial charge in [0.2, 0.25) is 0 Å². The number of hydrogen-bond acceptors (Lipinski definition) is 3. The second-order valence-corrected chi connectivity index (χ2v) is 10.3. The first-order valence-electron chi connectivity index (χ1n) is 12.7. The molecule has 0 saturated carbocycles. The molecule has 4 heteroatoms. The number of amides is 1. The zero-order valence-electron chi connectivity index (χ0n) is 21.5. The van der Waals surface area contributed by atoms with Gasteiger partial charge in [0, 0.05) is 44.2 Å². The van der Waals surface area contributed by atoms with E-state index in [2.05, 4.69) is 79.1 Å². The van der Waals surface area contributed by atoms with Gasteiger partial charge in [-0.3, -0.25) is 9.69 Å². The quantitative estimate of drug-likeness (QED) is 0.383. The molecule has 2 atom stereocenters. The van der Waals surface area contributed by atoms with Crippen LogP contribution in [0.5, 0.6) is 5.75 Å². The van der Waals surface area contributed by atoms with Gasteiger partial charge in [0.05, 0.1) is 7.11 Å². The van der Waals surface area contributed by atoms with Gasteiger partial charge in [0.1, 0.15) is 5.75 Å². The summed E-state index contributed by atoms with van der Waals surface area (Å²) >= 11 is 0. The normalized spacial score (nSPS) is 18.1. The van der Waals surface area contributed by atoms with E-state index in [1.165, 1.54) is 16.7 Å². The smallest absolute Gasteiger partial charge is 0.253 e. The Kier molecular flexibility index (Phi) is 8.25. The summed E-state index contributed by atoms with van der Waals surface area (Å²) in [6, 6.07) is 27.1. The molecule has 184 valence electrons. The van der Waals surface area contributed by atoms with Crippen molar-refractivity contribution in [3.63, 3.8) is 0 Å². The summed E-state index contributed by atoms with van der Waals surface area (Å²) in [7, 11) is 1.72. The van der Waals surface area contributed by atoms with Crippen molar-refractivity contribution in [3.05, 3.63) is 101 Å². The van der Waals surface area contributed by atoms with Crippen LogP contribution >= 0.6 is 0 Å². The number of hydrogen-bond donors (Lipinski definition) is 0. The van der Waals surface area contributed by atoms with E-state index in [0.29, 0.717) is 17.8 Å². The Bertz CT molecular complexity index is 1090. The number of benzene rings is 3. The Balaban J connectivity index is 1.59. The van der Waals surface area contributed by atoms with E-state index in [4.69, 9.17) is 4.74 Å². The van der Waals surface area contributed by atoms with Gasteiger partial charge in [-0.05, 0) is 54.2 Å². The molecule has 2 unspecified atom stereocenters. The highest BCUT2D eigenvalue weighted by molar-refractivity contribution is 5.94. The van der Waals surface area contributed by atoms with Gasteiger partial charge < -0.3 is 9.64 Å². The second kappa shape index (κ2) is 11.5. The summed E-state index contributed by atoms with van der Waals surface area (Å²) in [6.45, 7) is 10.8. The number of carbonyl (C=O) groups is 1. The molecule has 0 aliphatic carbocycles. The van der Waals surface area contributed by atoms with Crippen LogP contribution in [0.3, 0.4) is 0 Å². The monoisotopic (exact) mass is 470 g/mol.